The topological polar surface area (TPSA) is 74.2 Å². The SMILES string of the molecule is CC(C)[C@@H](N)c1nc(CCOc2ccccc2)no1. The van der Waals surface area contributed by atoms with Crippen molar-refractivity contribution >= 4 is 0 Å². The molecule has 2 aromatic rings. The maximum Gasteiger partial charge on any atom is 0.243 e. The highest BCUT2D eigenvalue weighted by Crippen LogP contribution is 2.16. The van der Waals surface area contributed by atoms with Crippen molar-refractivity contribution in [1.29, 1.82) is 0 Å². The zero-order valence-corrected chi connectivity index (χ0v) is 11.2. The van der Waals surface area contributed by atoms with Crippen LogP contribution in [0, 0.1) is 5.92 Å². The number of para-hydroxylation sites is 1. The molecule has 0 spiro atoms. The third kappa shape index (κ3) is 3.79. The van der Waals surface area contributed by atoms with Gasteiger partial charge in [0.05, 0.1) is 12.6 Å². The number of aromatic nitrogens is 2. The van der Waals surface area contributed by atoms with Gasteiger partial charge < -0.3 is 15.0 Å². The van der Waals surface area contributed by atoms with Crippen molar-refractivity contribution in [2.75, 3.05) is 6.61 Å². The summed E-state index contributed by atoms with van der Waals surface area (Å²) in [5.74, 6) is 2.23. The molecule has 0 bridgehead atoms. The Morgan fingerprint density at radius 1 is 1.26 bits per heavy atom. The minimum atomic E-state index is -0.212. The fourth-order valence-corrected chi connectivity index (χ4v) is 1.57. The maximum atomic E-state index is 5.94. The number of benzene rings is 1. The van der Waals surface area contributed by atoms with Crippen molar-refractivity contribution in [3.8, 4) is 5.75 Å². The molecule has 1 heterocycles. The zero-order chi connectivity index (χ0) is 13.7. The average molecular weight is 261 g/mol. The standard InChI is InChI=1S/C14H19N3O2/c1-10(2)13(15)14-16-12(17-19-14)8-9-18-11-6-4-3-5-7-11/h3-7,10,13H,8-9,15H2,1-2H3/t13-/m1/s1. The molecule has 5 heteroatoms. The Labute approximate surface area is 112 Å². The summed E-state index contributed by atoms with van der Waals surface area (Å²) >= 11 is 0. The van der Waals surface area contributed by atoms with Crippen LogP contribution < -0.4 is 10.5 Å². The van der Waals surface area contributed by atoms with Gasteiger partial charge in [0, 0.05) is 6.42 Å². The van der Waals surface area contributed by atoms with E-state index in [9.17, 15) is 0 Å². The average Bonchev–Trinajstić information content (AvgIpc) is 2.88. The summed E-state index contributed by atoms with van der Waals surface area (Å²) < 4.78 is 10.7. The first kappa shape index (κ1) is 13.5. The van der Waals surface area contributed by atoms with E-state index in [1.807, 2.05) is 44.2 Å². The Hall–Kier alpha value is -1.88. The molecule has 5 nitrogen and oxygen atoms in total. The molecule has 0 saturated heterocycles. The van der Waals surface area contributed by atoms with Gasteiger partial charge in [0.2, 0.25) is 5.89 Å². The second-order valence-electron chi connectivity index (χ2n) is 4.73. The van der Waals surface area contributed by atoms with Crippen LogP contribution in [-0.2, 0) is 6.42 Å². The first-order valence-electron chi connectivity index (χ1n) is 6.42. The molecule has 0 aliphatic rings. The van der Waals surface area contributed by atoms with E-state index in [1.54, 1.807) is 0 Å². The van der Waals surface area contributed by atoms with Crippen LogP contribution in [0.5, 0.6) is 5.75 Å². The Bertz CT molecular complexity index is 496. The van der Waals surface area contributed by atoms with Gasteiger partial charge in [0.15, 0.2) is 5.82 Å². The zero-order valence-electron chi connectivity index (χ0n) is 11.2. The Morgan fingerprint density at radius 2 is 2.00 bits per heavy atom. The molecule has 1 atom stereocenters. The molecule has 0 unspecified atom stereocenters. The summed E-state index contributed by atoms with van der Waals surface area (Å²) in [6.07, 6.45) is 0.600. The maximum absolute atomic E-state index is 5.94. The Kier molecular flexibility index (Phi) is 4.52. The molecular weight excluding hydrogens is 242 g/mol. The molecule has 0 aliphatic carbocycles. The minimum Gasteiger partial charge on any atom is -0.493 e. The lowest BCUT2D eigenvalue weighted by molar-refractivity contribution is 0.307. The van der Waals surface area contributed by atoms with Gasteiger partial charge >= 0.3 is 0 Å². The fourth-order valence-electron chi connectivity index (χ4n) is 1.57. The van der Waals surface area contributed by atoms with Crippen LogP contribution in [-0.4, -0.2) is 16.7 Å². The third-order valence-corrected chi connectivity index (χ3v) is 2.82. The van der Waals surface area contributed by atoms with E-state index in [-0.39, 0.29) is 12.0 Å². The Balaban J connectivity index is 1.84. The lowest BCUT2D eigenvalue weighted by Gasteiger charge is -2.09. The highest BCUT2D eigenvalue weighted by molar-refractivity contribution is 5.20. The van der Waals surface area contributed by atoms with Crippen LogP contribution in [0.15, 0.2) is 34.9 Å². The van der Waals surface area contributed by atoms with E-state index in [4.69, 9.17) is 15.0 Å². The Morgan fingerprint density at radius 3 is 2.68 bits per heavy atom. The van der Waals surface area contributed by atoms with E-state index in [0.29, 0.717) is 24.7 Å². The van der Waals surface area contributed by atoms with Gasteiger partial charge in [-0.25, -0.2) is 0 Å². The van der Waals surface area contributed by atoms with E-state index in [2.05, 4.69) is 10.1 Å². The summed E-state index contributed by atoms with van der Waals surface area (Å²) in [7, 11) is 0. The lowest BCUT2D eigenvalue weighted by atomic mass is 10.1. The highest BCUT2D eigenvalue weighted by atomic mass is 16.5. The second-order valence-corrected chi connectivity index (χ2v) is 4.73. The van der Waals surface area contributed by atoms with Crippen LogP contribution in [0.4, 0.5) is 0 Å². The first-order chi connectivity index (χ1) is 9.16. The summed E-state index contributed by atoms with van der Waals surface area (Å²) in [5.41, 5.74) is 5.94. The molecule has 102 valence electrons. The quantitative estimate of drug-likeness (QED) is 0.864. The van der Waals surface area contributed by atoms with E-state index in [1.165, 1.54) is 0 Å². The van der Waals surface area contributed by atoms with Crippen molar-refractivity contribution in [1.82, 2.24) is 10.1 Å². The molecular formula is C14H19N3O2. The van der Waals surface area contributed by atoms with Crippen molar-refractivity contribution < 1.29 is 9.26 Å². The number of hydrogen-bond acceptors (Lipinski definition) is 5. The van der Waals surface area contributed by atoms with E-state index >= 15 is 0 Å². The van der Waals surface area contributed by atoms with Gasteiger partial charge in [-0.1, -0.05) is 37.2 Å². The summed E-state index contributed by atoms with van der Waals surface area (Å²) in [4.78, 5) is 4.28. The van der Waals surface area contributed by atoms with Crippen LogP contribution in [0.25, 0.3) is 0 Å². The normalized spacial score (nSPS) is 12.6. The molecule has 0 radical (unpaired) electrons. The molecule has 0 aliphatic heterocycles. The summed E-state index contributed by atoms with van der Waals surface area (Å²) in [6.45, 7) is 4.56. The van der Waals surface area contributed by atoms with Crippen molar-refractivity contribution in [3.63, 3.8) is 0 Å². The van der Waals surface area contributed by atoms with Crippen LogP contribution in [0.2, 0.25) is 0 Å². The van der Waals surface area contributed by atoms with Gasteiger partial charge in [-0.05, 0) is 18.1 Å². The van der Waals surface area contributed by atoms with Crippen molar-refractivity contribution in [3.05, 3.63) is 42.0 Å². The fraction of sp³-hybridized carbons (Fsp3) is 0.429. The minimum absolute atomic E-state index is 0.212. The molecule has 19 heavy (non-hydrogen) atoms. The smallest absolute Gasteiger partial charge is 0.243 e. The number of nitrogens with two attached hydrogens (primary N) is 1. The molecule has 0 saturated carbocycles. The van der Waals surface area contributed by atoms with Gasteiger partial charge in [0.25, 0.3) is 0 Å². The predicted molar refractivity (Wildman–Crippen MR) is 71.7 cm³/mol. The lowest BCUT2D eigenvalue weighted by Crippen LogP contribution is -2.17. The second kappa shape index (κ2) is 6.33. The third-order valence-electron chi connectivity index (χ3n) is 2.82. The molecule has 1 aromatic carbocycles. The number of ether oxygens (including phenoxy) is 1. The molecule has 0 fully saturated rings. The van der Waals surface area contributed by atoms with E-state index < -0.39 is 0 Å². The van der Waals surface area contributed by atoms with Crippen LogP contribution in [0.3, 0.4) is 0 Å². The van der Waals surface area contributed by atoms with Crippen LogP contribution >= 0.6 is 0 Å². The molecule has 1 aromatic heterocycles. The monoisotopic (exact) mass is 261 g/mol. The highest BCUT2D eigenvalue weighted by Gasteiger charge is 2.17. The summed E-state index contributed by atoms with van der Waals surface area (Å²) in [5, 5.41) is 3.90. The van der Waals surface area contributed by atoms with E-state index in [0.717, 1.165) is 5.75 Å². The number of nitrogens with zero attached hydrogens (tertiary/aromatic N) is 2. The van der Waals surface area contributed by atoms with Gasteiger partial charge in [-0.2, -0.15) is 4.98 Å². The predicted octanol–water partition coefficient (Wildman–Crippen LogP) is 2.35. The van der Waals surface area contributed by atoms with Gasteiger partial charge in [0.1, 0.15) is 5.75 Å². The number of rotatable bonds is 6. The van der Waals surface area contributed by atoms with Crippen molar-refractivity contribution in [2.45, 2.75) is 26.3 Å². The molecule has 2 rings (SSSR count). The van der Waals surface area contributed by atoms with Gasteiger partial charge in [-0.15, -0.1) is 0 Å². The van der Waals surface area contributed by atoms with Crippen LogP contribution in [0.1, 0.15) is 31.6 Å². The van der Waals surface area contributed by atoms with Gasteiger partial charge in [-0.3, -0.25) is 0 Å². The van der Waals surface area contributed by atoms with Crippen molar-refractivity contribution in [2.24, 2.45) is 11.7 Å². The molecule has 2 N–H and O–H groups in total. The number of hydrogen-bond donors (Lipinski definition) is 1. The largest absolute Gasteiger partial charge is 0.493 e. The first-order valence-corrected chi connectivity index (χ1v) is 6.42. The summed E-state index contributed by atoms with van der Waals surface area (Å²) in [6, 6.07) is 9.43. The molecule has 0 amide bonds.